The van der Waals surface area contributed by atoms with Crippen LogP contribution in [-0.2, 0) is 6.61 Å². The zero-order chi connectivity index (χ0) is 13.3. The molecule has 3 N–H and O–H groups in total. The fraction of sp³-hybridized carbons (Fsp3) is 0.0833. The number of nitrogen functional groups attached to an aromatic ring is 1. The zero-order valence-corrected chi connectivity index (χ0v) is 11.4. The number of anilines is 1. The van der Waals surface area contributed by atoms with Crippen LogP contribution in [0.4, 0.5) is 5.69 Å². The summed E-state index contributed by atoms with van der Waals surface area (Å²) >= 11 is 18.1. The fourth-order valence-electron chi connectivity index (χ4n) is 1.57. The highest BCUT2D eigenvalue weighted by Crippen LogP contribution is 2.38. The number of benzene rings is 1. The number of aromatic nitrogens is 1. The first-order valence-corrected chi connectivity index (χ1v) is 6.17. The Hall–Kier alpha value is -1.000. The first-order valence-electron chi connectivity index (χ1n) is 5.04. The lowest BCUT2D eigenvalue weighted by Crippen LogP contribution is -1.98. The Balaban J connectivity index is 2.68. The number of halogens is 3. The molecule has 0 saturated heterocycles. The van der Waals surface area contributed by atoms with Crippen LogP contribution in [0.1, 0.15) is 5.69 Å². The van der Waals surface area contributed by atoms with Gasteiger partial charge in [0.1, 0.15) is 0 Å². The third kappa shape index (κ3) is 2.54. The van der Waals surface area contributed by atoms with Crippen molar-refractivity contribution in [1.29, 1.82) is 0 Å². The van der Waals surface area contributed by atoms with Gasteiger partial charge in [-0.2, -0.15) is 0 Å². The van der Waals surface area contributed by atoms with Crippen molar-refractivity contribution in [3.05, 3.63) is 45.0 Å². The molecule has 1 heterocycles. The van der Waals surface area contributed by atoms with E-state index in [1.54, 1.807) is 24.3 Å². The number of hydrogen-bond acceptors (Lipinski definition) is 3. The number of hydrogen-bond donors (Lipinski definition) is 2. The maximum Gasteiger partial charge on any atom is 0.0965 e. The number of pyridine rings is 1. The van der Waals surface area contributed by atoms with Crippen LogP contribution in [0.5, 0.6) is 0 Å². The lowest BCUT2D eigenvalue weighted by Gasteiger charge is -2.11. The van der Waals surface area contributed by atoms with Gasteiger partial charge in [-0.15, -0.1) is 0 Å². The fourth-order valence-corrected chi connectivity index (χ4v) is 2.56. The Kier molecular flexibility index (Phi) is 3.97. The van der Waals surface area contributed by atoms with Crippen molar-refractivity contribution < 1.29 is 5.11 Å². The van der Waals surface area contributed by atoms with E-state index >= 15 is 0 Å². The van der Waals surface area contributed by atoms with Gasteiger partial charge in [0.05, 0.1) is 33.7 Å². The van der Waals surface area contributed by atoms with Gasteiger partial charge in [-0.05, 0) is 24.3 Å². The van der Waals surface area contributed by atoms with Gasteiger partial charge in [0.25, 0.3) is 0 Å². The second kappa shape index (κ2) is 5.33. The standard InChI is InChI=1S/C12H9Cl3N2O/c13-6-3-8(14)11(9(15)4-6)12-10(16)2-1-7(5-18)17-12/h1-4,18H,5,16H2. The quantitative estimate of drug-likeness (QED) is 0.887. The molecule has 1 aromatic heterocycles. The van der Waals surface area contributed by atoms with E-state index in [9.17, 15) is 0 Å². The average molecular weight is 304 g/mol. The minimum absolute atomic E-state index is 0.184. The van der Waals surface area contributed by atoms with Crippen LogP contribution in [0.2, 0.25) is 15.1 Å². The molecule has 0 bridgehead atoms. The third-order valence-electron chi connectivity index (χ3n) is 2.39. The second-order valence-electron chi connectivity index (χ2n) is 3.64. The molecule has 18 heavy (non-hydrogen) atoms. The van der Waals surface area contributed by atoms with E-state index in [-0.39, 0.29) is 6.61 Å². The Bertz CT molecular complexity index is 579. The maximum absolute atomic E-state index is 9.09. The molecule has 0 atom stereocenters. The van der Waals surface area contributed by atoms with E-state index in [2.05, 4.69) is 4.98 Å². The first kappa shape index (κ1) is 13.4. The van der Waals surface area contributed by atoms with Crippen LogP contribution in [0, 0.1) is 0 Å². The van der Waals surface area contributed by atoms with Crippen LogP contribution < -0.4 is 5.73 Å². The summed E-state index contributed by atoms with van der Waals surface area (Å²) in [7, 11) is 0. The van der Waals surface area contributed by atoms with Gasteiger partial charge in [0.15, 0.2) is 0 Å². The van der Waals surface area contributed by atoms with E-state index in [1.807, 2.05) is 0 Å². The first-order chi connectivity index (χ1) is 8.52. The van der Waals surface area contributed by atoms with Crippen molar-refractivity contribution in [3.8, 4) is 11.3 Å². The second-order valence-corrected chi connectivity index (χ2v) is 4.89. The van der Waals surface area contributed by atoms with E-state index in [0.29, 0.717) is 37.7 Å². The van der Waals surface area contributed by atoms with Crippen molar-refractivity contribution in [1.82, 2.24) is 4.98 Å². The SMILES string of the molecule is Nc1ccc(CO)nc1-c1c(Cl)cc(Cl)cc1Cl. The molecule has 0 spiro atoms. The molecular weight excluding hydrogens is 295 g/mol. The number of aliphatic hydroxyl groups is 1. The molecule has 0 aliphatic carbocycles. The summed E-state index contributed by atoms with van der Waals surface area (Å²) in [6, 6.07) is 6.42. The average Bonchev–Trinajstić information content (AvgIpc) is 2.30. The van der Waals surface area contributed by atoms with Crippen molar-refractivity contribution in [2.24, 2.45) is 0 Å². The smallest absolute Gasteiger partial charge is 0.0965 e. The summed E-state index contributed by atoms with van der Waals surface area (Å²) in [5.74, 6) is 0. The van der Waals surface area contributed by atoms with Gasteiger partial charge in [0.2, 0.25) is 0 Å². The normalized spacial score (nSPS) is 10.7. The zero-order valence-electron chi connectivity index (χ0n) is 9.12. The monoisotopic (exact) mass is 302 g/mol. The van der Waals surface area contributed by atoms with Crippen molar-refractivity contribution in [2.45, 2.75) is 6.61 Å². The van der Waals surface area contributed by atoms with Crippen molar-refractivity contribution in [2.75, 3.05) is 5.73 Å². The molecule has 94 valence electrons. The molecular formula is C12H9Cl3N2O. The summed E-state index contributed by atoms with van der Waals surface area (Å²) in [4.78, 5) is 4.23. The Morgan fingerprint density at radius 2 is 1.72 bits per heavy atom. The molecule has 0 unspecified atom stereocenters. The molecule has 0 fully saturated rings. The predicted octanol–water partition coefficient (Wildman–Crippen LogP) is 3.78. The van der Waals surface area contributed by atoms with E-state index < -0.39 is 0 Å². The minimum Gasteiger partial charge on any atom is -0.397 e. The summed E-state index contributed by atoms with van der Waals surface area (Å²) in [5.41, 5.74) is 7.72. The highest BCUT2D eigenvalue weighted by Gasteiger charge is 2.14. The molecule has 0 amide bonds. The van der Waals surface area contributed by atoms with Gasteiger partial charge in [-0.3, -0.25) is 0 Å². The number of aliphatic hydroxyl groups excluding tert-OH is 1. The Labute approximate surface area is 119 Å². The Morgan fingerprint density at radius 1 is 1.11 bits per heavy atom. The molecule has 1 aromatic carbocycles. The maximum atomic E-state index is 9.09. The molecule has 2 rings (SSSR count). The lowest BCUT2D eigenvalue weighted by atomic mass is 10.1. The van der Waals surface area contributed by atoms with Gasteiger partial charge >= 0.3 is 0 Å². The largest absolute Gasteiger partial charge is 0.397 e. The molecule has 2 aromatic rings. The summed E-state index contributed by atoms with van der Waals surface area (Å²) < 4.78 is 0. The van der Waals surface area contributed by atoms with Crippen molar-refractivity contribution >= 4 is 40.5 Å². The Morgan fingerprint density at radius 3 is 2.28 bits per heavy atom. The third-order valence-corrected chi connectivity index (χ3v) is 3.20. The lowest BCUT2D eigenvalue weighted by molar-refractivity contribution is 0.277. The topological polar surface area (TPSA) is 59.1 Å². The van der Waals surface area contributed by atoms with Crippen LogP contribution in [0.15, 0.2) is 24.3 Å². The number of nitrogens with zero attached hydrogens (tertiary/aromatic N) is 1. The number of rotatable bonds is 2. The van der Waals surface area contributed by atoms with E-state index in [1.165, 1.54) is 0 Å². The van der Waals surface area contributed by atoms with Gasteiger partial charge in [0, 0.05) is 10.6 Å². The van der Waals surface area contributed by atoms with Gasteiger partial charge < -0.3 is 10.8 Å². The van der Waals surface area contributed by atoms with Gasteiger partial charge in [-0.25, -0.2) is 4.98 Å². The van der Waals surface area contributed by atoms with Crippen LogP contribution in [0.3, 0.4) is 0 Å². The number of nitrogens with two attached hydrogens (primary N) is 1. The summed E-state index contributed by atoms with van der Waals surface area (Å²) in [5, 5.41) is 10.3. The molecule has 0 radical (unpaired) electrons. The highest BCUT2D eigenvalue weighted by atomic mass is 35.5. The summed E-state index contributed by atoms with van der Waals surface area (Å²) in [6.45, 7) is -0.184. The van der Waals surface area contributed by atoms with Gasteiger partial charge in [-0.1, -0.05) is 34.8 Å². The van der Waals surface area contributed by atoms with E-state index in [0.717, 1.165) is 0 Å². The van der Waals surface area contributed by atoms with Crippen LogP contribution in [-0.4, -0.2) is 10.1 Å². The van der Waals surface area contributed by atoms with Crippen LogP contribution in [0.25, 0.3) is 11.3 Å². The highest BCUT2D eigenvalue weighted by molar-refractivity contribution is 6.41. The molecule has 6 heteroatoms. The molecule has 0 aliphatic heterocycles. The minimum atomic E-state index is -0.184. The molecule has 3 nitrogen and oxygen atoms in total. The van der Waals surface area contributed by atoms with Crippen LogP contribution >= 0.6 is 34.8 Å². The van der Waals surface area contributed by atoms with E-state index in [4.69, 9.17) is 45.6 Å². The van der Waals surface area contributed by atoms with Crippen molar-refractivity contribution in [3.63, 3.8) is 0 Å². The molecule has 0 saturated carbocycles. The summed E-state index contributed by atoms with van der Waals surface area (Å²) in [6.07, 6.45) is 0. The molecule has 0 aliphatic rings. The predicted molar refractivity (Wildman–Crippen MR) is 75.0 cm³/mol.